The van der Waals surface area contributed by atoms with E-state index < -0.39 is 17.8 Å². The van der Waals surface area contributed by atoms with Crippen molar-refractivity contribution < 1.29 is 32.2 Å². The molecule has 12 nitrogen and oxygen atoms in total. The summed E-state index contributed by atoms with van der Waals surface area (Å²) in [6.45, 7) is 1.09. The number of aromatic nitrogens is 2. The maximum Gasteiger partial charge on any atom is 0.573 e. The lowest BCUT2D eigenvalue weighted by Gasteiger charge is -2.38. The first-order valence-corrected chi connectivity index (χ1v) is 11.8. The number of amides is 2. The van der Waals surface area contributed by atoms with Gasteiger partial charge in [0.05, 0.1) is 5.54 Å². The number of anilines is 2. The third-order valence-electron chi connectivity index (χ3n) is 6.00. The number of likely N-dealkylation sites (tertiary alicyclic amines) is 1. The Hall–Kier alpha value is -4.01. The zero-order chi connectivity index (χ0) is 27.5. The number of hydrogen-bond donors (Lipinski definition) is 4. The first-order chi connectivity index (χ1) is 18.0. The number of rotatable bonds is 6. The molecular weight excluding hydrogens is 533 g/mol. The minimum Gasteiger partial charge on any atom is -0.484 e. The summed E-state index contributed by atoms with van der Waals surface area (Å²) in [7, 11) is 1.56. The van der Waals surface area contributed by atoms with Gasteiger partial charge in [0.15, 0.2) is 35.0 Å². The predicted molar refractivity (Wildman–Crippen MR) is 131 cm³/mol. The van der Waals surface area contributed by atoms with Gasteiger partial charge in [0.2, 0.25) is 0 Å². The number of nitrogen functional groups attached to an aromatic ring is 1. The number of nitrogens with one attached hydrogen (secondary N) is 3. The van der Waals surface area contributed by atoms with E-state index in [9.17, 15) is 22.8 Å². The second-order valence-electron chi connectivity index (χ2n) is 8.56. The average Bonchev–Trinajstić information content (AvgIpc) is 3.25. The molecule has 1 spiro atoms. The summed E-state index contributed by atoms with van der Waals surface area (Å²) in [5.41, 5.74) is 5.16. The third-order valence-corrected chi connectivity index (χ3v) is 6.28. The predicted octanol–water partition coefficient (Wildman–Crippen LogP) is 1.78. The highest BCUT2D eigenvalue weighted by Gasteiger charge is 2.41. The van der Waals surface area contributed by atoms with Crippen molar-refractivity contribution in [2.45, 2.75) is 24.7 Å². The van der Waals surface area contributed by atoms with Crippen LogP contribution < -0.4 is 31.2 Å². The molecule has 2 saturated heterocycles. The lowest BCUT2D eigenvalue weighted by molar-refractivity contribution is -0.274. The van der Waals surface area contributed by atoms with Crippen molar-refractivity contribution in [3.8, 4) is 11.5 Å². The van der Waals surface area contributed by atoms with Crippen molar-refractivity contribution in [1.29, 1.82) is 0 Å². The molecule has 2 aliphatic heterocycles. The van der Waals surface area contributed by atoms with Crippen molar-refractivity contribution in [2.24, 2.45) is 4.99 Å². The number of ether oxygens (including phenoxy) is 2. The van der Waals surface area contributed by atoms with Crippen molar-refractivity contribution in [2.75, 3.05) is 44.3 Å². The molecule has 0 radical (unpaired) electrons. The molecule has 204 valence electrons. The first kappa shape index (κ1) is 27.0. The highest BCUT2D eigenvalue weighted by Crippen LogP contribution is 2.27. The van der Waals surface area contributed by atoms with Gasteiger partial charge in [-0.15, -0.1) is 13.2 Å². The van der Waals surface area contributed by atoms with Gasteiger partial charge in [0.1, 0.15) is 11.5 Å². The van der Waals surface area contributed by atoms with Gasteiger partial charge in [-0.1, -0.05) is 11.6 Å². The van der Waals surface area contributed by atoms with E-state index in [0.29, 0.717) is 32.5 Å². The fourth-order valence-electron chi connectivity index (χ4n) is 4.03. The number of halogens is 4. The number of alkyl halides is 3. The highest BCUT2D eigenvalue weighted by atomic mass is 35.5. The van der Waals surface area contributed by atoms with Gasteiger partial charge in [0, 0.05) is 26.7 Å². The van der Waals surface area contributed by atoms with Gasteiger partial charge >= 0.3 is 12.3 Å². The Bertz CT molecular complexity index is 1230. The molecule has 2 aliphatic rings. The number of hydrogen-bond acceptors (Lipinski definition) is 8. The SMILES string of the molecule is CNc1nc(N)c(Cl)nc1C(=O)/N=C1\NCC2(CCN(C(=O)COc3ccc(OC(F)(F)F)cc3)CC2)N1. The summed E-state index contributed by atoms with van der Waals surface area (Å²) in [5.74, 6) is -0.671. The van der Waals surface area contributed by atoms with Crippen LogP contribution in [0, 0.1) is 0 Å². The molecule has 0 aliphatic carbocycles. The lowest BCUT2D eigenvalue weighted by atomic mass is 9.88. The summed E-state index contributed by atoms with van der Waals surface area (Å²) in [5, 5.41) is 8.94. The van der Waals surface area contributed by atoms with Crippen LogP contribution >= 0.6 is 11.6 Å². The van der Waals surface area contributed by atoms with Crippen LogP contribution in [0.25, 0.3) is 0 Å². The van der Waals surface area contributed by atoms with Crippen LogP contribution in [0.4, 0.5) is 24.8 Å². The standard InChI is InChI=1S/C22H24ClF3N8O4/c1-28-18-15(30-16(23)17(27)31-18)19(36)32-20-29-11-21(33-20)6-8-34(9-7-21)14(35)10-37-12-2-4-13(5-3-12)38-22(24,25)26/h2-5H,6-11H2,1H3,(H3,27,28,31)(H2,29,32,33,36). The average molecular weight is 557 g/mol. The molecule has 2 amide bonds. The monoisotopic (exact) mass is 556 g/mol. The fourth-order valence-corrected chi connectivity index (χ4v) is 4.15. The molecule has 4 rings (SSSR count). The molecule has 0 saturated carbocycles. The van der Waals surface area contributed by atoms with Crippen LogP contribution in [0.15, 0.2) is 29.3 Å². The fraction of sp³-hybridized carbons (Fsp3) is 0.409. The number of guanidine groups is 1. The number of piperidine rings is 1. The largest absolute Gasteiger partial charge is 0.573 e. The van der Waals surface area contributed by atoms with E-state index in [1.54, 1.807) is 11.9 Å². The minimum atomic E-state index is -4.79. The van der Waals surface area contributed by atoms with Gasteiger partial charge in [-0.2, -0.15) is 4.99 Å². The molecule has 1 aromatic carbocycles. The molecule has 2 fully saturated rings. The molecule has 3 heterocycles. The van der Waals surface area contributed by atoms with E-state index in [4.69, 9.17) is 22.1 Å². The molecule has 2 aromatic rings. The summed E-state index contributed by atoms with van der Waals surface area (Å²) >= 11 is 5.90. The molecule has 0 unspecified atom stereocenters. The zero-order valence-corrected chi connectivity index (χ0v) is 20.8. The molecule has 0 bridgehead atoms. The van der Waals surface area contributed by atoms with Gasteiger partial charge in [0.25, 0.3) is 5.91 Å². The van der Waals surface area contributed by atoms with Gasteiger partial charge in [-0.05, 0) is 37.1 Å². The quantitative estimate of drug-likeness (QED) is 0.413. The Labute approximate surface area is 219 Å². The highest BCUT2D eigenvalue weighted by molar-refractivity contribution is 6.31. The van der Waals surface area contributed by atoms with E-state index in [1.807, 2.05) is 0 Å². The Kier molecular flexibility index (Phi) is 7.66. The normalized spacial score (nSPS) is 17.6. The maximum atomic E-state index is 12.7. The number of carbonyl (C=O) groups excluding carboxylic acids is 2. The van der Waals surface area contributed by atoms with E-state index in [0.717, 1.165) is 12.1 Å². The number of nitrogens with zero attached hydrogens (tertiary/aromatic N) is 4. The van der Waals surface area contributed by atoms with Crippen LogP contribution in [0.3, 0.4) is 0 Å². The van der Waals surface area contributed by atoms with Crippen LogP contribution in [0.5, 0.6) is 11.5 Å². The summed E-state index contributed by atoms with van der Waals surface area (Å²) in [4.78, 5) is 38.9. The molecule has 16 heteroatoms. The van der Waals surface area contributed by atoms with Crippen LogP contribution in [0.2, 0.25) is 5.15 Å². The lowest BCUT2D eigenvalue weighted by Crippen LogP contribution is -2.54. The third kappa shape index (κ3) is 6.45. The Morgan fingerprint density at radius 1 is 1.21 bits per heavy atom. The Morgan fingerprint density at radius 2 is 1.87 bits per heavy atom. The van der Waals surface area contributed by atoms with E-state index in [2.05, 4.69) is 35.6 Å². The Morgan fingerprint density at radius 3 is 2.50 bits per heavy atom. The summed E-state index contributed by atoms with van der Waals surface area (Å²) in [6, 6.07) is 4.79. The smallest absolute Gasteiger partial charge is 0.484 e. The first-order valence-electron chi connectivity index (χ1n) is 11.4. The number of benzene rings is 1. The summed E-state index contributed by atoms with van der Waals surface area (Å²) in [6.07, 6.45) is -3.62. The molecule has 38 heavy (non-hydrogen) atoms. The topological polar surface area (TPSA) is 156 Å². The van der Waals surface area contributed by atoms with Crippen molar-refractivity contribution in [1.82, 2.24) is 25.5 Å². The van der Waals surface area contributed by atoms with Crippen LogP contribution in [-0.2, 0) is 4.79 Å². The van der Waals surface area contributed by atoms with E-state index in [1.165, 1.54) is 12.1 Å². The van der Waals surface area contributed by atoms with E-state index >= 15 is 0 Å². The molecule has 5 N–H and O–H groups in total. The van der Waals surface area contributed by atoms with Crippen LogP contribution in [-0.4, -0.2) is 77.8 Å². The number of carbonyl (C=O) groups is 2. The second kappa shape index (κ2) is 10.8. The summed E-state index contributed by atoms with van der Waals surface area (Å²) < 4.78 is 46.0. The number of aliphatic imine (C=N–C) groups is 1. The minimum absolute atomic E-state index is 0.0172. The molecule has 1 aromatic heterocycles. The molecular formula is C22H24ClF3N8O4. The van der Waals surface area contributed by atoms with Crippen LogP contribution in [0.1, 0.15) is 23.3 Å². The van der Waals surface area contributed by atoms with E-state index in [-0.39, 0.29) is 52.5 Å². The van der Waals surface area contributed by atoms with Crippen molar-refractivity contribution >= 4 is 41.0 Å². The van der Waals surface area contributed by atoms with Crippen molar-refractivity contribution in [3.63, 3.8) is 0 Å². The Balaban J connectivity index is 1.28. The zero-order valence-electron chi connectivity index (χ0n) is 20.1. The van der Waals surface area contributed by atoms with Gasteiger partial charge in [-0.25, -0.2) is 9.97 Å². The van der Waals surface area contributed by atoms with Crippen molar-refractivity contribution in [3.05, 3.63) is 35.1 Å². The molecule has 0 atom stereocenters. The van der Waals surface area contributed by atoms with Gasteiger partial charge < -0.3 is 36.1 Å². The number of nitrogens with two attached hydrogens (primary N) is 1. The van der Waals surface area contributed by atoms with Gasteiger partial charge in [-0.3, -0.25) is 9.59 Å². The second-order valence-corrected chi connectivity index (χ2v) is 8.92. The maximum absolute atomic E-state index is 12.7.